The molecule has 0 aliphatic carbocycles. The Morgan fingerprint density at radius 1 is 1.38 bits per heavy atom. The third-order valence-electron chi connectivity index (χ3n) is 3.00. The highest BCUT2D eigenvalue weighted by atomic mass is 79.9. The van der Waals surface area contributed by atoms with Crippen LogP contribution < -0.4 is 21.7 Å². The van der Waals surface area contributed by atoms with Gasteiger partial charge in [-0.3, -0.25) is 14.8 Å². The summed E-state index contributed by atoms with van der Waals surface area (Å²) in [4.78, 5) is 28.7. The van der Waals surface area contributed by atoms with Gasteiger partial charge in [-0.25, -0.2) is 4.79 Å². The molecule has 0 saturated carbocycles. The van der Waals surface area contributed by atoms with E-state index in [9.17, 15) is 14.9 Å². The predicted octanol–water partition coefficient (Wildman–Crippen LogP) is 1.11. The monoisotopic (exact) mass is 366 g/mol. The molecule has 0 amide bonds. The van der Waals surface area contributed by atoms with Crippen LogP contribution in [-0.2, 0) is 0 Å². The Hall–Kier alpha value is -2.31. The van der Waals surface area contributed by atoms with Crippen LogP contribution in [0.25, 0.3) is 0 Å². The normalized spacial score (nSPS) is 17.0. The molecule has 2 aromatic rings. The van der Waals surface area contributed by atoms with E-state index in [1.807, 2.05) is 6.07 Å². The van der Waals surface area contributed by atoms with Gasteiger partial charge in [0.2, 0.25) is 11.8 Å². The van der Waals surface area contributed by atoms with Crippen molar-refractivity contribution in [1.29, 1.82) is 5.26 Å². The van der Waals surface area contributed by atoms with Crippen LogP contribution in [0.3, 0.4) is 0 Å². The molecular weight excluding hydrogens is 360 g/mol. The smallest absolute Gasteiger partial charge is 0.328 e. The number of hydrogen-bond acceptors (Lipinski definition) is 6. The molecule has 1 atom stereocenters. The van der Waals surface area contributed by atoms with Gasteiger partial charge in [0.15, 0.2) is 0 Å². The number of halogens is 1. The minimum atomic E-state index is -0.696. The van der Waals surface area contributed by atoms with Gasteiger partial charge in [-0.2, -0.15) is 5.26 Å². The van der Waals surface area contributed by atoms with Crippen molar-refractivity contribution in [3.05, 3.63) is 58.7 Å². The van der Waals surface area contributed by atoms with E-state index in [1.165, 1.54) is 11.3 Å². The van der Waals surface area contributed by atoms with Crippen molar-refractivity contribution in [3.8, 4) is 11.9 Å². The molecule has 0 spiro atoms. The zero-order valence-electron chi connectivity index (χ0n) is 10.3. The first-order valence-electron chi connectivity index (χ1n) is 5.70. The van der Waals surface area contributed by atoms with E-state index in [1.54, 1.807) is 12.1 Å². The van der Waals surface area contributed by atoms with Crippen molar-refractivity contribution in [2.45, 2.75) is 5.92 Å². The number of aromatic amines is 2. The Morgan fingerprint density at radius 2 is 2.14 bits per heavy atom. The zero-order valence-corrected chi connectivity index (χ0v) is 12.7. The van der Waals surface area contributed by atoms with Crippen LogP contribution in [0.2, 0.25) is 0 Å². The van der Waals surface area contributed by atoms with E-state index in [2.05, 4.69) is 25.9 Å². The topological polar surface area (TPSA) is 125 Å². The summed E-state index contributed by atoms with van der Waals surface area (Å²) in [5.74, 6) is -0.828. The summed E-state index contributed by atoms with van der Waals surface area (Å²) in [6.07, 6.45) is 0. The summed E-state index contributed by atoms with van der Waals surface area (Å²) >= 11 is 4.71. The van der Waals surface area contributed by atoms with Crippen molar-refractivity contribution in [2.75, 3.05) is 0 Å². The van der Waals surface area contributed by atoms with Crippen molar-refractivity contribution >= 4 is 27.3 Å². The first-order valence-corrected chi connectivity index (χ1v) is 7.31. The number of nitriles is 1. The second-order valence-electron chi connectivity index (χ2n) is 4.22. The van der Waals surface area contributed by atoms with Gasteiger partial charge in [0.05, 0.1) is 15.3 Å². The minimum absolute atomic E-state index is 0.0326. The lowest BCUT2D eigenvalue weighted by Crippen LogP contribution is -2.33. The van der Waals surface area contributed by atoms with Crippen LogP contribution in [-0.4, -0.2) is 9.97 Å². The highest BCUT2D eigenvalue weighted by molar-refractivity contribution is 9.11. The van der Waals surface area contributed by atoms with Gasteiger partial charge in [0.25, 0.3) is 5.56 Å². The fourth-order valence-electron chi connectivity index (χ4n) is 2.16. The minimum Gasteiger partial charge on any atom is -0.424 e. The SMILES string of the molecule is N#CC1=C(N)Oc2[nH]c(=O)[nH]c(=O)c2[C@@H]1c1ccc(Br)s1. The maximum absolute atomic E-state index is 12.1. The fourth-order valence-corrected chi connectivity index (χ4v) is 3.70. The molecule has 0 bridgehead atoms. The Labute approximate surface area is 129 Å². The van der Waals surface area contributed by atoms with Crippen molar-refractivity contribution in [1.82, 2.24) is 9.97 Å². The van der Waals surface area contributed by atoms with Crippen LogP contribution in [0.4, 0.5) is 0 Å². The number of thiophene rings is 1. The maximum atomic E-state index is 12.1. The largest absolute Gasteiger partial charge is 0.424 e. The van der Waals surface area contributed by atoms with E-state index < -0.39 is 17.2 Å². The van der Waals surface area contributed by atoms with E-state index in [4.69, 9.17) is 10.5 Å². The molecule has 2 aromatic heterocycles. The molecule has 0 unspecified atom stereocenters. The van der Waals surface area contributed by atoms with Crippen LogP contribution >= 0.6 is 27.3 Å². The van der Waals surface area contributed by atoms with Gasteiger partial charge in [-0.05, 0) is 28.1 Å². The quantitative estimate of drug-likeness (QED) is 0.696. The Kier molecular flexibility index (Phi) is 3.19. The summed E-state index contributed by atoms with van der Waals surface area (Å²) in [6, 6.07) is 5.56. The molecule has 3 rings (SSSR count). The molecule has 106 valence electrons. The first-order chi connectivity index (χ1) is 10.0. The second-order valence-corrected chi connectivity index (χ2v) is 6.71. The summed E-state index contributed by atoms with van der Waals surface area (Å²) in [6.45, 7) is 0. The number of hydrogen-bond donors (Lipinski definition) is 3. The second kappa shape index (κ2) is 4.91. The molecule has 9 heteroatoms. The molecule has 1 aliphatic heterocycles. The van der Waals surface area contributed by atoms with Crippen molar-refractivity contribution in [3.63, 3.8) is 0 Å². The molecule has 0 aromatic carbocycles. The molecule has 0 radical (unpaired) electrons. The number of aromatic nitrogens is 2. The lowest BCUT2D eigenvalue weighted by atomic mass is 9.90. The molecule has 0 fully saturated rings. The van der Waals surface area contributed by atoms with Crippen LogP contribution in [0, 0.1) is 11.3 Å². The number of nitrogens with zero attached hydrogens (tertiary/aromatic N) is 1. The summed E-state index contributed by atoms with van der Waals surface area (Å²) < 4.78 is 6.06. The third kappa shape index (κ3) is 2.18. The van der Waals surface area contributed by atoms with Crippen LogP contribution in [0.5, 0.6) is 5.88 Å². The zero-order chi connectivity index (χ0) is 15.1. The van der Waals surface area contributed by atoms with Gasteiger partial charge in [0, 0.05) is 4.88 Å². The number of allylic oxidation sites excluding steroid dienone is 1. The number of ether oxygens (including phenoxy) is 1. The number of H-pyrrole nitrogens is 2. The van der Waals surface area contributed by atoms with E-state index in [0.717, 1.165) is 8.66 Å². The van der Waals surface area contributed by atoms with Gasteiger partial charge in [0.1, 0.15) is 11.6 Å². The van der Waals surface area contributed by atoms with Crippen molar-refractivity contribution in [2.24, 2.45) is 5.73 Å². The Bertz CT molecular complexity index is 918. The van der Waals surface area contributed by atoms with Crippen molar-refractivity contribution < 1.29 is 4.74 Å². The lowest BCUT2D eigenvalue weighted by Gasteiger charge is -2.23. The van der Waals surface area contributed by atoms with Crippen LogP contribution in [0.15, 0.2) is 37.0 Å². The molecule has 7 nitrogen and oxygen atoms in total. The molecule has 4 N–H and O–H groups in total. The summed E-state index contributed by atoms with van der Waals surface area (Å²) in [5.41, 5.74) is 4.72. The molecule has 0 saturated heterocycles. The van der Waals surface area contributed by atoms with E-state index in [-0.39, 0.29) is 22.9 Å². The van der Waals surface area contributed by atoms with E-state index in [0.29, 0.717) is 0 Å². The molecule has 21 heavy (non-hydrogen) atoms. The highest BCUT2D eigenvalue weighted by Gasteiger charge is 2.34. The molecular formula is C12H7BrN4O3S. The highest BCUT2D eigenvalue weighted by Crippen LogP contribution is 2.41. The number of nitrogens with one attached hydrogen (secondary N) is 2. The lowest BCUT2D eigenvalue weighted by molar-refractivity contribution is 0.374. The first kappa shape index (κ1) is 13.7. The Morgan fingerprint density at radius 3 is 2.76 bits per heavy atom. The number of fused-ring (bicyclic) bond motifs is 1. The average molecular weight is 367 g/mol. The van der Waals surface area contributed by atoms with Gasteiger partial charge < -0.3 is 10.5 Å². The van der Waals surface area contributed by atoms with Crippen LogP contribution in [0.1, 0.15) is 16.4 Å². The third-order valence-corrected chi connectivity index (χ3v) is 4.69. The van der Waals surface area contributed by atoms with E-state index >= 15 is 0 Å². The number of nitrogens with two attached hydrogens (primary N) is 1. The standard InChI is InChI=1S/C12H7BrN4O3S/c13-6-2-1-5(21-6)7-4(3-14)9(15)20-11-8(7)10(18)16-12(19)17-11/h1-2,7H,15H2,(H2,16,17,18,19)/t7-/m0/s1. The summed E-state index contributed by atoms with van der Waals surface area (Å²) in [7, 11) is 0. The predicted molar refractivity (Wildman–Crippen MR) is 79.0 cm³/mol. The van der Waals surface area contributed by atoms with Gasteiger partial charge in [-0.1, -0.05) is 0 Å². The molecule has 3 heterocycles. The Balaban J connectivity index is 2.33. The van der Waals surface area contributed by atoms with Gasteiger partial charge in [-0.15, -0.1) is 11.3 Å². The molecule has 1 aliphatic rings. The fraction of sp³-hybridized carbons (Fsp3) is 0.0833. The van der Waals surface area contributed by atoms with Gasteiger partial charge >= 0.3 is 5.69 Å². The average Bonchev–Trinajstić information content (AvgIpc) is 2.83. The number of rotatable bonds is 1. The summed E-state index contributed by atoms with van der Waals surface area (Å²) in [5, 5.41) is 9.31. The maximum Gasteiger partial charge on any atom is 0.328 e.